The molecule has 0 saturated carbocycles. The van der Waals surface area contributed by atoms with Crippen LogP contribution in [0.4, 0.5) is 0 Å². The summed E-state index contributed by atoms with van der Waals surface area (Å²) < 4.78 is 10.7. The zero-order chi connectivity index (χ0) is 17.0. The van der Waals surface area contributed by atoms with Crippen LogP contribution in [0.15, 0.2) is 30.4 Å². The van der Waals surface area contributed by atoms with E-state index in [1.165, 1.54) is 56.9 Å². The third-order valence-electron chi connectivity index (χ3n) is 4.38. The average molecular weight is 330 g/mol. The van der Waals surface area contributed by atoms with Crippen LogP contribution in [0, 0.1) is 0 Å². The van der Waals surface area contributed by atoms with Gasteiger partial charge in [0.15, 0.2) is 17.3 Å². The summed E-state index contributed by atoms with van der Waals surface area (Å²) in [6.07, 6.45) is 16.2. The number of fused-ring (bicyclic) bond motifs is 1. The van der Waals surface area contributed by atoms with Crippen molar-refractivity contribution in [2.45, 2.75) is 71.1 Å². The maximum atomic E-state index is 10.7. The predicted molar refractivity (Wildman–Crippen MR) is 97.6 cm³/mol. The van der Waals surface area contributed by atoms with Gasteiger partial charge in [-0.25, -0.2) is 0 Å². The minimum atomic E-state index is 0.149. The highest BCUT2D eigenvalue weighted by Crippen LogP contribution is 2.32. The van der Waals surface area contributed by atoms with E-state index >= 15 is 0 Å². The van der Waals surface area contributed by atoms with Gasteiger partial charge in [-0.05, 0) is 56.4 Å². The van der Waals surface area contributed by atoms with E-state index in [0.717, 1.165) is 24.3 Å². The first-order valence-electron chi connectivity index (χ1n) is 9.31. The Morgan fingerprint density at radius 3 is 2.38 bits per heavy atom. The molecule has 3 heteroatoms. The molecule has 1 heterocycles. The fraction of sp³-hybridized carbons (Fsp3) is 0.571. The largest absolute Gasteiger partial charge is 0.454 e. The van der Waals surface area contributed by atoms with E-state index in [0.29, 0.717) is 6.79 Å². The van der Waals surface area contributed by atoms with Gasteiger partial charge in [-0.2, -0.15) is 0 Å². The first kappa shape index (κ1) is 18.6. The van der Waals surface area contributed by atoms with Crippen LogP contribution in [0.2, 0.25) is 0 Å². The van der Waals surface area contributed by atoms with Gasteiger partial charge < -0.3 is 9.47 Å². The Balaban J connectivity index is 1.41. The van der Waals surface area contributed by atoms with Crippen LogP contribution in [0.3, 0.4) is 0 Å². The van der Waals surface area contributed by atoms with Crippen LogP contribution in [0.25, 0.3) is 0 Å². The maximum Gasteiger partial charge on any atom is 0.231 e. The summed E-state index contributed by atoms with van der Waals surface area (Å²) in [5, 5.41) is 0. The highest BCUT2D eigenvalue weighted by atomic mass is 16.7. The minimum absolute atomic E-state index is 0.149. The number of benzene rings is 1. The quantitative estimate of drug-likeness (QED) is 0.369. The first-order chi connectivity index (χ1) is 11.8. The third-order valence-corrected chi connectivity index (χ3v) is 4.38. The van der Waals surface area contributed by atoms with Crippen LogP contribution < -0.4 is 9.47 Å². The van der Waals surface area contributed by atoms with Crippen molar-refractivity contribution >= 4 is 5.78 Å². The Morgan fingerprint density at radius 1 is 0.958 bits per heavy atom. The van der Waals surface area contributed by atoms with Crippen LogP contribution >= 0.6 is 0 Å². The molecule has 0 bridgehead atoms. The van der Waals surface area contributed by atoms with Crippen molar-refractivity contribution in [2.75, 3.05) is 6.79 Å². The molecule has 0 amide bonds. The summed E-state index contributed by atoms with van der Waals surface area (Å²) in [4.78, 5) is 10.7. The second-order valence-corrected chi connectivity index (χ2v) is 6.57. The second kappa shape index (κ2) is 10.9. The van der Waals surface area contributed by atoms with E-state index in [1.807, 2.05) is 12.1 Å². The van der Waals surface area contributed by atoms with Crippen molar-refractivity contribution in [3.63, 3.8) is 0 Å². The van der Waals surface area contributed by atoms with Gasteiger partial charge >= 0.3 is 0 Å². The molecule has 0 unspecified atom stereocenters. The normalized spacial score (nSPS) is 12.9. The number of aryl methyl sites for hydroxylation is 1. The molecule has 0 fully saturated rings. The molecule has 1 aliphatic heterocycles. The summed E-state index contributed by atoms with van der Waals surface area (Å²) in [6, 6.07) is 6.28. The highest BCUT2D eigenvalue weighted by molar-refractivity contribution is 5.87. The molecular formula is C21H30O3. The van der Waals surface area contributed by atoms with E-state index in [1.54, 1.807) is 13.0 Å². The molecule has 0 radical (unpaired) electrons. The van der Waals surface area contributed by atoms with E-state index in [2.05, 4.69) is 12.1 Å². The van der Waals surface area contributed by atoms with Crippen molar-refractivity contribution in [3.8, 4) is 11.5 Å². The van der Waals surface area contributed by atoms with Gasteiger partial charge in [0.25, 0.3) is 0 Å². The number of hydrogen-bond acceptors (Lipinski definition) is 3. The molecule has 0 aromatic heterocycles. The highest BCUT2D eigenvalue weighted by Gasteiger charge is 2.12. The fourth-order valence-corrected chi connectivity index (χ4v) is 3.00. The van der Waals surface area contributed by atoms with Gasteiger partial charge in [0.05, 0.1) is 0 Å². The second-order valence-electron chi connectivity index (χ2n) is 6.57. The Hall–Kier alpha value is -1.77. The lowest BCUT2D eigenvalue weighted by molar-refractivity contribution is -0.112. The van der Waals surface area contributed by atoms with Gasteiger partial charge in [0.2, 0.25) is 6.79 Å². The molecule has 24 heavy (non-hydrogen) atoms. The molecule has 0 saturated heterocycles. The van der Waals surface area contributed by atoms with Gasteiger partial charge in [0, 0.05) is 0 Å². The lowest BCUT2D eigenvalue weighted by atomic mass is 10.0. The first-order valence-corrected chi connectivity index (χ1v) is 9.31. The zero-order valence-corrected chi connectivity index (χ0v) is 14.9. The predicted octanol–water partition coefficient (Wildman–Crippen LogP) is 5.61. The van der Waals surface area contributed by atoms with Gasteiger partial charge in [-0.15, -0.1) is 0 Å². The van der Waals surface area contributed by atoms with Crippen molar-refractivity contribution < 1.29 is 14.3 Å². The number of hydrogen-bond donors (Lipinski definition) is 0. The summed E-state index contributed by atoms with van der Waals surface area (Å²) in [5.41, 5.74) is 1.35. The summed E-state index contributed by atoms with van der Waals surface area (Å²) in [7, 11) is 0. The zero-order valence-electron chi connectivity index (χ0n) is 14.9. The monoisotopic (exact) mass is 330 g/mol. The molecule has 0 aliphatic carbocycles. The molecule has 0 atom stereocenters. The number of allylic oxidation sites excluding steroid dienone is 2. The standard InChI is InChI=1S/C21H30O3/c1-18(22)12-10-8-6-4-2-3-5-7-9-11-13-19-14-15-20-21(16-19)24-17-23-20/h10,12,14-16H,2-9,11,13,17H2,1H3/b12-10+. The number of unbranched alkanes of at least 4 members (excludes halogenated alkanes) is 8. The molecule has 0 N–H and O–H groups in total. The molecule has 1 aliphatic rings. The minimum Gasteiger partial charge on any atom is -0.454 e. The number of rotatable bonds is 12. The van der Waals surface area contributed by atoms with Crippen molar-refractivity contribution in [3.05, 3.63) is 35.9 Å². The lowest BCUT2D eigenvalue weighted by Gasteiger charge is -2.04. The maximum absolute atomic E-state index is 10.7. The molecular weight excluding hydrogens is 300 g/mol. The van der Waals surface area contributed by atoms with Gasteiger partial charge in [-0.3, -0.25) is 4.79 Å². The van der Waals surface area contributed by atoms with Crippen molar-refractivity contribution in [2.24, 2.45) is 0 Å². The number of carbonyl (C=O) groups excluding carboxylic acids is 1. The third kappa shape index (κ3) is 7.20. The van der Waals surface area contributed by atoms with E-state index < -0.39 is 0 Å². The fourth-order valence-electron chi connectivity index (χ4n) is 3.00. The number of carbonyl (C=O) groups is 1. The molecule has 0 spiro atoms. The van der Waals surface area contributed by atoms with E-state index in [9.17, 15) is 4.79 Å². The lowest BCUT2D eigenvalue weighted by Crippen LogP contribution is -1.93. The Morgan fingerprint density at radius 2 is 1.62 bits per heavy atom. The molecule has 1 aromatic carbocycles. The van der Waals surface area contributed by atoms with Crippen LogP contribution in [0.5, 0.6) is 11.5 Å². The Labute approximate surface area is 146 Å². The molecule has 2 rings (SSSR count). The topological polar surface area (TPSA) is 35.5 Å². The van der Waals surface area contributed by atoms with Gasteiger partial charge in [-0.1, -0.05) is 50.7 Å². The summed E-state index contributed by atoms with van der Waals surface area (Å²) in [6.45, 7) is 1.95. The van der Waals surface area contributed by atoms with Crippen LogP contribution in [0.1, 0.15) is 70.3 Å². The van der Waals surface area contributed by atoms with E-state index in [-0.39, 0.29) is 5.78 Å². The van der Waals surface area contributed by atoms with Crippen molar-refractivity contribution in [1.29, 1.82) is 0 Å². The number of ketones is 1. The SMILES string of the molecule is CC(=O)/C=C/CCCCCCCCCCc1ccc2c(c1)OCO2. The summed E-state index contributed by atoms with van der Waals surface area (Å²) in [5.74, 6) is 1.91. The van der Waals surface area contributed by atoms with Gasteiger partial charge in [0.1, 0.15) is 0 Å². The van der Waals surface area contributed by atoms with Crippen LogP contribution in [-0.4, -0.2) is 12.6 Å². The Kier molecular flexibility index (Phi) is 8.43. The smallest absolute Gasteiger partial charge is 0.231 e. The van der Waals surface area contributed by atoms with Crippen LogP contribution in [-0.2, 0) is 11.2 Å². The van der Waals surface area contributed by atoms with E-state index in [4.69, 9.17) is 9.47 Å². The molecule has 3 nitrogen and oxygen atoms in total. The average Bonchev–Trinajstić information content (AvgIpc) is 3.03. The Bertz CT molecular complexity index is 534. The molecule has 1 aromatic rings. The number of ether oxygens (including phenoxy) is 2. The van der Waals surface area contributed by atoms with Crippen molar-refractivity contribution in [1.82, 2.24) is 0 Å². The summed E-state index contributed by atoms with van der Waals surface area (Å²) >= 11 is 0. The molecule has 132 valence electrons.